The molecule has 0 unspecified atom stereocenters. The van der Waals surface area contributed by atoms with Crippen LogP contribution in [0.15, 0.2) is 61.1 Å². The van der Waals surface area contributed by atoms with Gasteiger partial charge in [0.2, 0.25) is 11.7 Å². The topological polar surface area (TPSA) is 97.8 Å². The number of hydrogen-bond donors (Lipinski definition) is 1. The minimum Gasteiger partial charge on any atom is -0.497 e. The van der Waals surface area contributed by atoms with Gasteiger partial charge in [0.1, 0.15) is 11.5 Å². The van der Waals surface area contributed by atoms with Crippen LogP contribution in [0.25, 0.3) is 16.6 Å². The Kier molecular flexibility index (Phi) is 7.94. The van der Waals surface area contributed by atoms with Crippen LogP contribution in [0.1, 0.15) is 25.4 Å². The Hall–Kier alpha value is -4.88. The summed E-state index contributed by atoms with van der Waals surface area (Å²) < 4.78 is 16.8. The van der Waals surface area contributed by atoms with E-state index in [-0.39, 0.29) is 6.10 Å². The van der Waals surface area contributed by atoms with Gasteiger partial charge < -0.3 is 24.1 Å². The third kappa shape index (κ3) is 6.22. The average Bonchev–Trinajstić information content (AvgIpc) is 3.40. The van der Waals surface area contributed by atoms with Crippen LogP contribution in [0.3, 0.4) is 0 Å². The smallest absolute Gasteiger partial charge is 0.217 e. The van der Waals surface area contributed by atoms with Gasteiger partial charge in [0.25, 0.3) is 0 Å². The van der Waals surface area contributed by atoms with E-state index in [2.05, 4.69) is 37.1 Å². The fourth-order valence-corrected chi connectivity index (χ4v) is 4.20. The molecule has 1 N–H and O–H groups in total. The van der Waals surface area contributed by atoms with E-state index in [1.54, 1.807) is 26.5 Å². The van der Waals surface area contributed by atoms with Crippen LogP contribution >= 0.6 is 0 Å². The molecule has 0 bridgehead atoms. The highest BCUT2D eigenvalue weighted by molar-refractivity contribution is 5.83. The van der Waals surface area contributed by atoms with Crippen LogP contribution in [-0.4, -0.2) is 65.4 Å². The van der Waals surface area contributed by atoms with Gasteiger partial charge in [-0.05, 0) is 38.0 Å². The lowest BCUT2D eigenvalue weighted by Crippen LogP contribution is -2.23. The van der Waals surface area contributed by atoms with Crippen molar-refractivity contribution < 1.29 is 14.2 Å². The molecule has 5 rings (SSSR count). The Bertz CT molecular complexity index is 1590. The number of ether oxygens (including phenoxy) is 3. The maximum atomic E-state index is 5.68. The van der Waals surface area contributed by atoms with Crippen molar-refractivity contribution in [1.82, 2.24) is 30.4 Å². The summed E-state index contributed by atoms with van der Waals surface area (Å²) >= 11 is 0. The van der Waals surface area contributed by atoms with Gasteiger partial charge in [-0.1, -0.05) is 5.92 Å². The van der Waals surface area contributed by atoms with Crippen molar-refractivity contribution in [2.45, 2.75) is 20.0 Å². The molecule has 1 aliphatic rings. The first-order valence-corrected chi connectivity index (χ1v) is 12.8. The summed E-state index contributed by atoms with van der Waals surface area (Å²) in [5.74, 6) is 8.50. The first-order chi connectivity index (χ1) is 19.4. The van der Waals surface area contributed by atoms with Gasteiger partial charge in [-0.15, -0.1) is 0 Å². The molecule has 10 nitrogen and oxygen atoms in total. The molecule has 10 heteroatoms. The van der Waals surface area contributed by atoms with Crippen molar-refractivity contribution in [3.63, 3.8) is 0 Å². The standard InChI is InChI=1S/C30H31N7O3/c1-20(2)40-30-10-11-31-29(35-30)7-6-12-37(23-13-24(38-4)16-25(14-23)39-5)22-8-9-26-27(15-22)34-28(18-32-26)21-17-33-36(3)19-21/h8-11,13-16,18-20,33H,12,17H2,1-5H3. The lowest BCUT2D eigenvalue weighted by atomic mass is 10.1. The van der Waals surface area contributed by atoms with Gasteiger partial charge in [-0.3, -0.25) is 4.98 Å². The second kappa shape index (κ2) is 11.9. The second-order valence-corrected chi connectivity index (χ2v) is 9.37. The zero-order valence-electron chi connectivity index (χ0n) is 23.2. The molecule has 0 saturated heterocycles. The Labute approximate surface area is 233 Å². The number of benzene rings is 2. The number of methoxy groups -OCH3 is 2. The van der Waals surface area contributed by atoms with E-state index in [1.165, 1.54) is 0 Å². The number of aromatic nitrogens is 4. The van der Waals surface area contributed by atoms with Crippen molar-refractivity contribution in [2.24, 2.45) is 0 Å². The SMILES string of the molecule is COc1cc(OC)cc(N(CC#Cc2nccc(OC(C)C)n2)c2ccc3ncc(C4=CN(C)NC4)nc3c2)c1. The van der Waals surface area contributed by atoms with E-state index in [0.29, 0.717) is 36.3 Å². The van der Waals surface area contributed by atoms with Crippen molar-refractivity contribution >= 4 is 28.0 Å². The molecule has 0 saturated carbocycles. The highest BCUT2D eigenvalue weighted by Gasteiger charge is 2.16. The molecular weight excluding hydrogens is 506 g/mol. The predicted molar refractivity (Wildman–Crippen MR) is 155 cm³/mol. The lowest BCUT2D eigenvalue weighted by molar-refractivity contribution is 0.232. The molecule has 2 aromatic heterocycles. The molecule has 0 radical (unpaired) electrons. The summed E-state index contributed by atoms with van der Waals surface area (Å²) in [5, 5.41) is 1.92. The fourth-order valence-electron chi connectivity index (χ4n) is 4.20. The molecule has 0 atom stereocenters. The maximum absolute atomic E-state index is 5.68. The van der Waals surface area contributed by atoms with E-state index < -0.39 is 0 Å². The fraction of sp³-hybridized carbons (Fsp3) is 0.267. The highest BCUT2D eigenvalue weighted by Crippen LogP contribution is 2.34. The summed E-state index contributed by atoms with van der Waals surface area (Å²) in [4.78, 5) is 20.3. The molecule has 2 aromatic carbocycles. The van der Waals surface area contributed by atoms with Gasteiger partial charge in [-0.2, -0.15) is 4.98 Å². The Morgan fingerprint density at radius 1 is 0.975 bits per heavy atom. The number of fused-ring (bicyclic) bond motifs is 1. The molecule has 3 heterocycles. The molecular formula is C30H31N7O3. The third-order valence-corrected chi connectivity index (χ3v) is 6.11. The van der Waals surface area contributed by atoms with Gasteiger partial charge in [0.05, 0.1) is 49.8 Å². The molecule has 0 spiro atoms. The highest BCUT2D eigenvalue weighted by atomic mass is 16.5. The number of hydrazine groups is 1. The molecule has 0 aliphatic carbocycles. The van der Waals surface area contributed by atoms with E-state index >= 15 is 0 Å². The largest absolute Gasteiger partial charge is 0.497 e. The zero-order valence-corrected chi connectivity index (χ0v) is 23.2. The van der Waals surface area contributed by atoms with Gasteiger partial charge in [0, 0.05) is 67.2 Å². The Morgan fingerprint density at radius 2 is 1.77 bits per heavy atom. The van der Waals surface area contributed by atoms with Crippen molar-refractivity contribution in [2.75, 3.05) is 39.3 Å². The first-order valence-electron chi connectivity index (χ1n) is 12.8. The molecule has 4 aromatic rings. The van der Waals surface area contributed by atoms with Crippen molar-refractivity contribution in [1.29, 1.82) is 0 Å². The van der Waals surface area contributed by atoms with E-state index in [0.717, 1.165) is 33.7 Å². The zero-order chi connectivity index (χ0) is 28.1. The molecule has 40 heavy (non-hydrogen) atoms. The quantitative estimate of drug-likeness (QED) is 0.329. The van der Waals surface area contributed by atoms with Crippen LogP contribution in [0.5, 0.6) is 17.4 Å². The van der Waals surface area contributed by atoms with Gasteiger partial charge >= 0.3 is 0 Å². The molecule has 204 valence electrons. The number of hydrogen-bond acceptors (Lipinski definition) is 10. The van der Waals surface area contributed by atoms with Crippen LogP contribution in [0.4, 0.5) is 11.4 Å². The molecule has 0 amide bonds. The second-order valence-electron chi connectivity index (χ2n) is 9.37. The maximum Gasteiger partial charge on any atom is 0.217 e. The summed E-state index contributed by atoms with van der Waals surface area (Å²) in [6.07, 6.45) is 5.48. The van der Waals surface area contributed by atoms with Crippen LogP contribution < -0.4 is 24.5 Å². The number of nitrogens with one attached hydrogen (secondary N) is 1. The summed E-state index contributed by atoms with van der Waals surface area (Å²) in [7, 11) is 5.21. The van der Waals surface area contributed by atoms with Gasteiger partial charge in [-0.25, -0.2) is 15.4 Å². The van der Waals surface area contributed by atoms with E-state index in [4.69, 9.17) is 19.2 Å². The van der Waals surface area contributed by atoms with Crippen LogP contribution in [0, 0.1) is 11.8 Å². The minimum absolute atomic E-state index is 0.00731. The summed E-state index contributed by atoms with van der Waals surface area (Å²) in [5.41, 5.74) is 8.46. The Morgan fingerprint density at radius 3 is 2.48 bits per heavy atom. The normalized spacial score (nSPS) is 12.7. The van der Waals surface area contributed by atoms with Gasteiger partial charge in [0.15, 0.2) is 0 Å². The summed E-state index contributed by atoms with van der Waals surface area (Å²) in [6.45, 7) is 4.94. The Balaban J connectivity index is 1.53. The number of rotatable bonds is 8. The van der Waals surface area contributed by atoms with E-state index in [1.807, 2.05) is 74.7 Å². The third-order valence-electron chi connectivity index (χ3n) is 6.11. The average molecular weight is 538 g/mol. The minimum atomic E-state index is 0.00731. The van der Waals surface area contributed by atoms with Crippen molar-refractivity contribution in [3.8, 4) is 29.2 Å². The molecule has 1 aliphatic heterocycles. The number of nitrogens with zero attached hydrogens (tertiary/aromatic N) is 6. The first kappa shape index (κ1) is 26.7. The monoisotopic (exact) mass is 537 g/mol. The number of anilines is 2. The van der Waals surface area contributed by atoms with Crippen LogP contribution in [-0.2, 0) is 0 Å². The van der Waals surface area contributed by atoms with Crippen LogP contribution in [0.2, 0.25) is 0 Å². The summed E-state index contributed by atoms with van der Waals surface area (Å²) in [6, 6.07) is 13.4. The van der Waals surface area contributed by atoms with Crippen molar-refractivity contribution in [3.05, 3.63) is 72.6 Å². The predicted octanol–water partition coefficient (Wildman–Crippen LogP) is 4.20. The van der Waals surface area contributed by atoms with E-state index in [9.17, 15) is 0 Å². The lowest BCUT2D eigenvalue weighted by Gasteiger charge is -2.24. The molecule has 0 fully saturated rings.